The number of hydrogen-bond donors (Lipinski definition) is 0. The maximum absolute atomic E-state index is 12.9. The van der Waals surface area contributed by atoms with E-state index in [-0.39, 0.29) is 23.5 Å². The molecule has 0 bridgehead atoms. The summed E-state index contributed by atoms with van der Waals surface area (Å²) in [5.74, 6) is 1.06. The predicted octanol–water partition coefficient (Wildman–Crippen LogP) is 1.36. The molecule has 1 heterocycles. The molecule has 1 fully saturated rings. The van der Waals surface area contributed by atoms with E-state index in [9.17, 15) is 13.2 Å². The molecule has 0 saturated carbocycles. The Morgan fingerprint density at radius 1 is 1.17 bits per heavy atom. The van der Waals surface area contributed by atoms with Crippen molar-refractivity contribution < 1.29 is 27.4 Å². The molecule has 2 rings (SSSR count). The first-order valence-electron chi connectivity index (χ1n) is 7.68. The van der Waals surface area contributed by atoms with Gasteiger partial charge in [0, 0.05) is 18.2 Å². The molecule has 1 aliphatic rings. The van der Waals surface area contributed by atoms with Crippen LogP contribution in [0.1, 0.15) is 23.7 Å². The smallest absolute Gasteiger partial charge is 0.254 e. The second kappa shape index (κ2) is 7.29. The third-order valence-corrected chi connectivity index (χ3v) is 5.91. The Morgan fingerprint density at radius 2 is 1.75 bits per heavy atom. The van der Waals surface area contributed by atoms with Crippen LogP contribution in [-0.2, 0) is 9.84 Å². The molecular weight excluding hydrogens is 334 g/mol. The van der Waals surface area contributed by atoms with Gasteiger partial charge in [-0.25, -0.2) is 8.42 Å². The molecule has 7 nitrogen and oxygen atoms in total. The lowest BCUT2D eigenvalue weighted by molar-refractivity contribution is 0.0707. The second-order valence-corrected chi connectivity index (χ2v) is 7.79. The number of carbonyl (C=O) groups is 1. The lowest BCUT2D eigenvalue weighted by Crippen LogP contribution is -2.41. The summed E-state index contributed by atoms with van der Waals surface area (Å²) in [6, 6.07) is 2.86. The molecule has 24 heavy (non-hydrogen) atoms. The van der Waals surface area contributed by atoms with E-state index in [1.54, 1.807) is 17.0 Å². The van der Waals surface area contributed by atoms with E-state index in [0.717, 1.165) is 0 Å². The quantitative estimate of drug-likeness (QED) is 0.765. The standard InChI is InChI=1S/C16H23NO6S/c1-5-17(12-6-7-24(19,20)10-12)16(18)11-8-13(21-2)15(23-4)14(9-11)22-3/h8-9,12H,5-7,10H2,1-4H3. The van der Waals surface area contributed by atoms with Crippen molar-refractivity contribution in [2.75, 3.05) is 39.4 Å². The minimum absolute atomic E-state index is 0.0109. The second-order valence-electron chi connectivity index (χ2n) is 5.56. The van der Waals surface area contributed by atoms with Crippen LogP contribution in [0.3, 0.4) is 0 Å². The summed E-state index contributed by atoms with van der Waals surface area (Å²) in [5, 5.41) is 0. The van der Waals surface area contributed by atoms with Gasteiger partial charge in [0.15, 0.2) is 21.3 Å². The number of rotatable bonds is 6. The summed E-state index contributed by atoms with van der Waals surface area (Å²) >= 11 is 0. The Balaban J connectivity index is 2.37. The fourth-order valence-corrected chi connectivity index (χ4v) is 4.69. The van der Waals surface area contributed by atoms with Crippen molar-refractivity contribution in [2.45, 2.75) is 19.4 Å². The third-order valence-electron chi connectivity index (χ3n) is 4.16. The van der Waals surface area contributed by atoms with Gasteiger partial charge in [-0.05, 0) is 25.5 Å². The highest BCUT2D eigenvalue weighted by atomic mass is 32.2. The van der Waals surface area contributed by atoms with Crippen LogP contribution in [0.25, 0.3) is 0 Å². The minimum atomic E-state index is -3.07. The van der Waals surface area contributed by atoms with Crippen LogP contribution in [0.2, 0.25) is 0 Å². The molecule has 1 amide bonds. The molecule has 0 radical (unpaired) electrons. The van der Waals surface area contributed by atoms with E-state index in [0.29, 0.717) is 35.8 Å². The fourth-order valence-electron chi connectivity index (χ4n) is 2.96. The number of methoxy groups -OCH3 is 3. The Hall–Kier alpha value is -1.96. The van der Waals surface area contributed by atoms with E-state index in [2.05, 4.69) is 0 Å². The molecule has 1 aliphatic heterocycles. The Kier molecular flexibility index (Phi) is 5.58. The van der Waals surface area contributed by atoms with Crippen LogP contribution in [0, 0.1) is 0 Å². The van der Waals surface area contributed by atoms with Crippen molar-refractivity contribution in [3.8, 4) is 17.2 Å². The zero-order chi connectivity index (χ0) is 17.9. The highest BCUT2D eigenvalue weighted by Gasteiger charge is 2.34. The Morgan fingerprint density at radius 3 is 2.12 bits per heavy atom. The van der Waals surface area contributed by atoms with Crippen LogP contribution in [-0.4, -0.2) is 64.6 Å². The third kappa shape index (κ3) is 3.58. The van der Waals surface area contributed by atoms with Gasteiger partial charge in [-0.15, -0.1) is 0 Å². The zero-order valence-corrected chi connectivity index (χ0v) is 15.2. The number of benzene rings is 1. The van der Waals surface area contributed by atoms with Crippen molar-refractivity contribution in [2.24, 2.45) is 0 Å². The summed E-state index contributed by atoms with van der Waals surface area (Å²) < 4.78 is 39.2. The Bertz CT molecular complexity index is 690. The van der Waals surface area contributed by atoms with E-state index in [4.69, 9.17) is 14.2 Å². The largest absolute Gasteiger partial charge is 0.493 e. The summed E-state index contributed by atoms with van der Waals surface area (Å²) in [5.41, 5.74) is 0.371. The number of carbonyl (C=O) groups excluding carboxylic acids is 1. The van der Waals surface area contributed by atoms with Crippen LogP contribution >= 0.6 is 0 Å². The lowest BCUT2D eigenvalue weighted by atomic mass is 10.1. The fraction of sp³-hybridized carbons (Fsp3) is 0.562. The minimum Gasteiger partial charge on any atom is -0.493 e. The average molecular weight is 357 g/mol. The highest BCUT2D eigenvalue weighted by molar-refractivity contribution is 7.91. The maximum Gasteiger partial charge on any atom is 0.254 e. The number of amides is 1. The molecule has 0 spiro atoms. The summed E-state index contributed by atoms with van der Waals surface area (Å²) in [7, 11) is 1.38. The van der Waals surface area contributed by atoms with Crippen LogP contribution in [0.5, 0.6) is 17.2 Å². The first kappa shape index (κ1) is 18.4. The summed E-state index contributed by atoms with van der Waals surface area (Å²) in [4.78, 5) is 14.5. The van der Waals surface area contributed by atoms with E-state index < -0.39 is 9.84 Å². The molecule has 1 atom stereocenters. The molecule has 0 N–H and O–H groups in total. The maximum atomic E-state index is 12.9. The average Bonchev–Trinajstić information content (AvgIpc) is 2.93. The van der Waals surface area contributed by atoms with E-state index in [1.165, 1.54) is 21.3 Å². The molecular formula is C16H23NO6S. The summed E-state index contributed by atoms with van der Waals surface area (Å²) in [6.45, 7) is 2.26. The molecule has 1 unspecified atom stereocenters. The lowest BCUT2D eigenvalue weighted by Gasteiger charge is -2.27. The molecule has 134 valence electrons. The number of hydrogen-bond acceptors (Lipinski definition) is 6. The number of sulfone groups is 1. The van der Waals surface area contributed by atoms with Gasteiger partial charge in [0.1, 0.15) is 0 Å². The first-order valence-corrected chi connectivity index (χ1v) is 9.50. The molecule has 0 aliphatic carbocycles. The van der Waals surface area contributed by atoms with Gasteiger partial charge >= 0.3 is 0 Å². The number of nitrogens with zero attached hydrogens (tertiary/aromatic N) is 1. The van der Waals surface area contributed by atoms with Crippen molar-refractivity contribution in [1.29, 1.82) is 0 Å². The zero-order valence-electron chi connectivity index (χ0n) is 14.4. The van der Waals surface area contributed by atoms with Crippen LogP contribution in [0.15, 0.2) is 12.1 Å². The summed E-state index contributed by atoms with van der Waals surface area (Å²) in [6.07, 6.45) is 0.465. The highest BCUT2D eigenvalue weighted by Crippen LogP contribution is 2.38. The molecule has 1 aromatic rings. The molecule has 8 heteroatoms. The van der Waals surface area contributed by atoms with Gasteiger partial charge in [0.2, 0.25) is 5.75 Å². The van der Waals surface area contributed by atoms with Gasteiger partial charge in [-0.2, -0.15) is 0 Å². The Labute approximate surface area is 142 Å². The normalized spacial score (nSPS) is 18.9. The van der Waals surface area contributed by atoms with Gasteiger partial charge in [0.05, 0.1) is 32.8 Å². The van der Waals surface area contributed by atoms with E-state index >= 15 is 0 Å². The monoisotopic (exact) mass is 357 g/mol. The molecule has 1 saturated heterocycles. The van der Waals surface area contributed by atoms with Crippen LogP contribution in [0.4, 0.5) is 0 Å². The van der Waals surface area contributed by atoms with Gasteiger partial charge in [-0.1, -0.05) is 0 Å². The SMILES string of the molecule is CCN(C(=O)c1cc(OC)c(OC)c(OC)c1)C1CCS(=O)(=O)C1. The van der Waals surface area contributed by atoms with E-state index in [1.807, 2.05) is 6.92 Å². The van der Waals surface area contributed by atoms with Crippen LogP contribution < -0.4 is 14.2 Å². The molecule has 1 aromatic carbocycles. The number of ether oxygens (including phenoxy) is 3. The topological polar surface area (TPSA) is 82.1 Å². The van der Waals surface area contributed by atoms with Gasteiger partial charge < -0.3 is 19.1 Å². The predicted molar refractivity (Wildman–Crippen MR) is 89.9 cm³/mol. The first-order chi connectivity index (χ1) is 11.4. The van der Waals surface area contributed by atoms with Crippen molar-refractivity contribution >= 4 is 15.7 Å². The van der Waals surface area contributed by atoms with Crippen molar-refractivity contribution in [3.63, 3.8) is 0 Å². The van der Waals surface area contributed by atoms with Gasteiger partial charge in [-0.3, -0.25) is 4.79 Å². The van der Waals surface area contributed by atoms with Crippen molar-refractivity contribution in [1.82, 2.24) is 4.90 Å². The molecule has 0 aromatic heterocycles. The van der Waals surface area contributed by atoms with Gasteiger partial charge in [0.25, 0.3) is 5.91 Å². The van der Waals surface area contributed by atoms with Crippen molar-refractivity contribution in [3.05, 3.63) is 17.7 Å².